The number of carbonyl (C=O) groups is 2. The number of hydrogen-bond acceptors (Lipinski definition) is 6. The molecule has 2 aromatic carbocycles. The molecule has 174 valence electrons. The Balaban J connectivity index is 1.94. The molecule has 0 aliphatic carbocycles. The lowest BCUT2D eigenvalue weighted by atomic mass is 10.0. The lowest BCUT2D eigenvalue weighted by Gasteiger charge is -2.24. The summed E-state index contributed by atoms with van der Waals surface area (Å²) in [6.07, 6.45) is 0.434. The summed E-state index contributed by atoms with van der Waals surface area (Å²) in [5, 5.41) is 33.6. The van der Waals surface area contributed by atoms with E-state index in [2.05, 4.69) is 21.7 Å². The SMILES string of the molecule is C[C@@](CO)(NC(=O)c1ccc(-c2ccccc2C#N)nc1NCCc1cccc(F)c1)C(=O)O. The van der Waals surface area contributed by atoms with Crippen LogP contribution in [0.3, 0.4) is 0 Å². The first kappa shape index (κ1) is 24.4. The zero-order chi connectivity index (χ0) is 24.7. The van der Waals surface area contributed by atoms with Gasteiger partial charge in [0.2, 0.25) is 0 Å². The second-order valence-electron chi connectivity index (χ2n) is 7.81. The molecule has 0 spiro atoms. The summed E-state index contributed by atoms with van der Waals surface area (Å²) in [6.45, 7) is 0.684. The summed E-state index contributed by atoms with van der Waals surface area (Å²) in [4.78, 5) is 28.9. The molecule has 4 N–H and O–H groups in total. The van der Waals surface area contributed by atoms with Crippen molar-refractivity contribution < 1.29 is 24.2 Å². The van der Waals surface area contributed by atoms with Gasteiger partial charge < -0.3 is 20.8 Å². The average molecular weight is 462 g/mol. The van der Waals surface area contributed by atoms with E-state index < -0.39 is 24.0 Å². The van der Waals surface area contributed by atoms with Crippen LogP contribution >= 0.6 is 0 Å². The van der Waals surface area contributed by atoms with Crippen LogP contribution in [-0.4, -0.2) is 45.8 Å². The number of carboxylic acids is 1. The summed E-state index contributed by atoms with van der Waals surface area (Å²) < 4.78 is 13.5. The number of nitrogens with zero attached hydrogens (tertiary/aromatic N) is 2. The molecule has 9 heteroatoms. The molecule has 0 aliphatic rings. The van der Waals surface area contributed by atoms with Crippen molar-refractivity contribution in [3.05, 3.63) is 83.2 Å². The number of amides is 1. The number of aliphatic hydroxyl groups excluding tert-OH is 1. The zero-order valence-corrected chi connectivity index (χ0v) is 18.4. The molecule has 0 saturated heterocycles. The Kier molecular flexibility index (Phi) is 7.56. The summed E-state index contributed by atoms with van der Waals surface area (Å²) in [5.74, 6) is -2.34. The zero-order valence-electron chi connectivity index (χ0n) is 18.4. The normalized spacial score (nSPS) is 12.3. The maximum Gasteiger partial charge on any atom is 0.331 e. The van der Waals surface area contributed by atoms with Gasteiger partial charge in [0.15, 0.2) is 5.54 Å². The first-order valence-corrected chi connectivity index (χ1v) is 10.4. The number of halogens is 1. The standard InChI is InChI=1S/C25H23FN4O4/c1-25(15-31,24(33)34)30-23(32)20-9-10-21(19-8-3-2-6-17(19)14-27)29-22(20)28-12-11-16-5-4-7-18(26)13-16/h2-10,13,31H,11-12,15H2,1H3,(H,28,29)(H,30,32)(H,33,34)/t25-/m0/s1. The third-order valence-electron chi connectivity index (χ3n) is 5.24. The second-order valence-corrected chi connectivity index (χ2v) is 7.81. The lowest BCUT2D eigenvalue weighted by molar-refractivity contribution is -0.145. The number of pyridine rings is 1. The first-order valence-electron chi connectivity index (χ1n) is 10.4. The Morgan fingerprint density at radius 2 is 1.91 bits per heavy atom. The fourth-order valence-corrected chi connectivity index (χ4v) is 3.23. The number of anilines is 1. The Labute approximate surface area is 195 Å². The molecule has 0 unspecified atom stereocenters. The van der Waals surface area contributed by atoms with Crippen LogP contribution in [0.4, 0.5) is 10.2 Å². The molecule has 34 heavy (non-hydrogen) atoms. The topological polar surface area (TPSA) is 135 Å². The van der Waals surface area contributed by atoms with E-state index in [1.54, 1.807) is 42.5 Å². The van der Waals surface area contributed by atoms with E-state index in [-0.39, 0.29) is 17.2 Å². The number of benzene rings is 2. The Morgan fingerprint density at radius 1 is 1.15 bits per heavy atom. The van der Waals surface area contributed by atoms with Crippen LogP contribution < -0.4 is 10.6 Å². The number of rotatable bonds is 9. The summed E-state index contributed by atoms with van der Waals surface area (Å²) in [6, 6.07) is 18.1. The van der Waals surface area contributed by atoms with Crippen LogP contribution in [0.15, 0.2) is 60.7 Å². The van der Waals surface area contributed by atoms with Crippen molar-refractivity contribution in [2.75, 3.05) is 18.5 Å². The van der Waals surface area contributed by atoms with E-state index in [4.69, 9.17) is 0 Å². The maximum atomic E-state index is 13.5. The molecular formula is C25H23FN4O4. The quantitative estimate of drug-likeness (QED) is 0.384. The molecule has 1 amide bonds. The van der Waals surface area contributed by atoms with Crippen molar-refractivity contribution >= 4 is 17.7 Å². The van der Waals surface area contributed by atoms with E-state index in [0.29, 0.717) is 29.8 Å². The van der Waals surface area contributed by atoms with Gasteiger partial charge in [-0.2, -0.15) is 5.26 Å². The minimum Gasteiger partial charge on any atom is -0.479 e. The maximum absolute atomic E-state index is 13.5. The van der Waals surface area contributed by atoms with E-state index >= 15 is 0 Å². The number of carboxylic acid groups (broad SMARTS) is 1. The number of hydrogen-bond donors (Lipinski definition) is 4. The first-order chi connectivity index (χ1) is 16.3. The number of carbonyl (C=O) groups excluding carboxylic acids is 1. The molecule has 0 fully saturated rings. The highest BCUT2D eigenvalue weighted by Crippen LogP contribution is 2.25. The number of nitrogens with one attached hydrogen (secondary N) is 2. The van der Waals surface area contributed by atoms with Crippen LogP contribution in [0.2, 0.25) is 0 Å². The smallest absolute Gasteiger partial charge is 0.331 e. The van der Waals surface area contributed by atoms with Crippen molar-refractivity contribution in [3.63, 3.8) is 0 Å². The molecule has 8 nitrogen and oxygen atoms in total. The van der Waals surface area contributed by atoms with E-state index in [0.717, 1.165) is 5.56 Å². The van der Waals surface area contributed by atoms with Gasteiger partial charge in [-0.3, -0.25) is 4.79 Å². The number of aliphatic carboxylic acids is 1. The van der Waals surface area contributed by atoms with Gasteiger partial charge in [-0.25, -0.2) is 14.2 Å². The molecule has 3 rings (SSSR count). The van der Waals surface area contributed by atoms with Crippen LogP contribution in [0.5, 0.6) is 0 Å². The van der Waals surface area contributed by atoms with Crippen molar-refractivity contribution in [3.8, 4) is 17.3 Å². The number of aromatic nitrogens is 1. The molecule has 3 aromatic rings. The van der Waals surface area contributed by atoms with E-state index in [9.17, 15) is 29.5 Å². The van der Waals surface area contributed by atoms with Gasteiger partial charge in [-0.1, -0.05) is 30.3 Å². The van der Waals surface area contributed by atoms with Crippen molar-refractivity contribution in [1.29, 1.82) is 5.26 Å². The molecule has 0 radical (unpaired) electrons. The average Bonchev–Trinajstić information content (AvgIpc) is 2.83. The third-order valence-corrected chi connectivity index (χ3v) is 5.24. The molecule has 0 saturated carbocycles. The van der Waals surface area contributed by atoms with Gasteiger partial charge in [0.1, 0.15) is 11.6 Å². The van der Waals surface area contributed by atoms with Gasteiger partial charge in [0.05, 0.1) is 29.5 Å². The fraction of sp³-hybridized carbons (Fsp3) is 0.200. The van der Waals surface area contributed by atoms with Crippen molar-refractivity contribution in [2.24, 2.45) is 0 Å². The molecule has 0 bridgehead atoms. The Bertz CT molecular complexity index is 1260. The molecule has 1 atom stereocenters. The summed E-state index contributed by atoms with van der Waals surface area (Å²) in [7, 11) is 0. The highest BCUT2D eigenvalue weighted by atomic mass is 19.1. The van der Waals surface area contributed by atoms with Gasteiger partial charge in [0, 0.05) is 12.1 Å². The minimum absolute atomic E-state index is 0.0540. The molecule has 1 heterocycles. The Morgan fingerprint density at radius 3 is 2.59 bits per heavy atom. The molecular weight excluding hydrogens is 439 g/mol. The molecule has 0 aliphatic heterocycles. The van der Waals surface area contributed by atoms with Crippen LogP contribution in [-0.2, 0) is 11.2 Å². The predicted molar refractivity (Wildman–Crippen MR) is 124 cm³/mol. The van der Waals surface area contributed by atoms with Crippen LogP contribution in [0, 0.1) is 17.1 Å². The van der Waals surface area contributed by atoms with Gasteiger partial charge in [-0.05, 0) is 49.2 Å². The summed E-state index contributed by atoms with van der Waals surface area (Å²) in [5.41, 5.74) is 0.307. The van der Waals surface area contributed by atoms with Gasteiger partial charge >= 0.3 is 5.97 Å². The lowest BCUT2D eigenvalue weighted by Crippen LogP contribution is -2.55. The predicted octanol–water partition coefficient (Wildman–Crippen LogP) is 2.98. The Hall–Kier alpha value is -4.29. The minimum atomic E-state index is -1.89. The highest BCUT2D eigenvalue weighted by molar-refractivity contribution is 6.01. The van der Waals surface area contributed by atoms with Gasteiger partial charge in [-0.15, -0.1) is 0 Å². The monoisotopic (exact) mass is 462 g/mol. The highest BCUT2D eigenvalue weighted by Gasteiger charge is 2.35. The van der Waals surface area contributed by atoms with Crippen LogP contribution in [0.25, 0.3) is 11.3 Å². The van der Waals surface area contributed by atoms with Crippen molar-refractivity contribution in [1.82, 2.24) is 10.3 Å². The summed E-state index contributed by atoms with van der Waals surface area (Å²) >= 11 is 0. The number of nitriles is 1. The molecule has 1 aromatic heterocycles. The largest absolute Gasteiger partial charge is 0.479 e. The van der Waals surface area contributed by atoms with Crippen molar-refractivity contribution in [2.45, 2.75) is 18.9 Å². The van der Waals surface area contributed by atoms with E-state index in [1.165, 1.54) is 25.1 Å². The third kappa shape index (κ3) is 5.54. The fourth-order valence-electron chi connectivity index (χ4n) is 3.23. The second kappa shape index (κ2) is 10.6. The van der Waals surface area contributed by atoms with Gasteiger partial charge in [0.25, 0.3) is 5.91 Å². The van der Waals surface area contributed by atoms with E-state index in [1.807, 2.05) is 0 Å². The van der Waals surface area contributed by atoms with Crippen LogP contribution in [0.1, 0.15) is 28.4 Å². The number of aliphatic hydroxyl groups is 1.